The molecule has 0 aromatic rings. The SMILES string of the molecule is CCC1CCCCC12OC2(CC)C(=O)OC. The summed E-state index contributed by atoms with van der Waals surface area (Å²) in [6.45, 7) is 4.21. The summed E-state index contributed by atoms with van der Waals surface area (Å²) >= 11 is 0. The zero-order chi connectivity index (χ0) is 11.8. The topological polar surface area (TPSA) is 38.8 Å². The standard InChI is InChI=1S/C13H22O3/c1-4-10-8-6-7-9-13(10)12(5-2,16-13)11(14)15-3/h10H,4-9H2,1-3H3. The number of carbonyl (C=O) groups is 1. The number of carbonyl (C=O) groups excluding carboxylic acids is 1. The van der Waals surface area contributed by atoms with E-state index in [1.165, 1.54) is 26.4 Å². The molecule has 3 heteroatoms. The summed E-state index contributed by atoms with van der Waals surface area (Å²) in [6.07, 6.45) is 6.48. The van der Waals surface area contributed by atoms with Gasteiger partial charge in [-0.3, -0.25) is 0 Å². The van der Waals surface area contributed by atoms with Crippen LogP contribution in [-0.4, -0.2) is 24.3 Å². The molecule has 3 unspecified atom stereocenters. The van der Waals surface area contributed by atoms with Gasteiger partial charge < -0.3 is 9.47 Å². The van der Waals surface area contributed by atoms with E-state index >= 15 is 0 Å². The van der Waals surface area contributed by atoms with E-state index in [1.54, 1.807) is 0 Å². The van der Waals surface area contributed by atoms with E-state index in [0.29, 0.717) is 5.92 Å². The van der Waals surface area contributed by atoms with Gasteiger partial charge in [0.2, 0.25) is 0 Å². The molecule has 2 rings (SSSR count). The van der Waals surface area contributed by atoms with E-state index in [2.05, 4.69) is 6.92 Å². The van der Waals surface area contributed by atoms with Crippen LogP contribution in [0.5, 0.6) is 0 Å². The molecule has 3 nitrogen and oxygen atoms in total. The highest BCUT2D eigenvalue weighted by molar-refractivity contribution is 5.85. The number of hydrogen-bond donors (Lipinski definition) is 0. The molecule has 1 aliphatic heterocycles. The Morgan fingerprint density at radius 1 is 1.44 bits per heavy atom. The Morgan fingerprint density at radius 3 is 2.75 bits per heavy atom. The van der Waals surface area contributed by atoms with E-state index < -0.39 is 5.60 Å². The van der Waals surface area contributed by atoms with Crippen molar-refractivity contribution in [2.24, 2.45) is 5.92 Å². The lowest BCUT2D eigenvalue weighted by Crippen LogP contribution is -2.41. The van der Waals surface area contributed by atoms with Crippen LogP contribution < -0.4 is 0 Å². The second-order valence-corrected chi connectivity index (χ2v) is 5.01. The minimum absolute atomic E-state index is 0.171. The lowest BCUT2D eigenvalue weighted by Gasteiger charge is -2.30. The Kier molecular flexibility index (Phi) is 2.99. The molecule has 0 aromatic heterocycles. The van der Waals surface area contributed by atoms with Gasteiger partial charge in [0.05, 0.1) is 7.11 Å². The number of ether oxygens (including phenoxy) is 2. The van der Waals surface area contributed by atoms with Crippen molar-refractivity contribution in [1.29, 1.82) is 0 Å². The van der Waals surface area contributed by atoms with Gasteiger partial charge in [-0.05, 0) is 25.2 Å². The maximum atomic E-state index is 11.9. The molecule has 1 saturated heterocycles. The molecule has 1 spiro atoms. The normalized spacial score (nSPS) is 42.1. The van der Waals surface area contributed by atoms with Gasteiger partial charge in [-0.25, -0.2) is 4.79 Å². The van der Waals surface area contributed by atoms with E-state index in [9.17, 15) is 4.79 Å². The summed E-state index contributed by atoms with van der Waals surface area (Å²) in [4.78, 5) is 11.9. The van der Waals surface area contributed by atoms with Crippen molar-refractivity contribution in [2.45, 2.75) is 63.6 Å². The molecular formula is C13H22O3. The minimum Gasteiger partial charge on any atom is -0.467 e. The number of epoxide rings is 1. The second-order valence-electron chi connectivity index (χ2n) is 5.01. The molecule has 16 heavy (non-hydrogen) atoms. The van der Waals surface area contributed by atoms with E-state index in [4.69, 9.17) is 9.47 Å². The smallest absolute Gasteiger partial charge is 0.341 e. The predicted octanol–water partition coefficient (Wildman–Crippen LogP) is 2.68. The quantitative estimate of drug-likeness (QED) is 0.548. The van der Waals surface area contributed by atoms with Crippen molar-refractivity contribution in [2.75, 3.05) is 7.11 Å². The van der Waals surface area contributed by atoms with Crippen molar-refractivity contribution in [3.05, 3.63) is 0 Å². The molecular weight excluding hydrogens is 204 g/mol. The third-order valence-corrected chi connectivity index (χ3v) is 4.51. The van der Waals surface area contributed by atoms with Crippen LogP contribution in [0.1, 0.15) is 52.4 Å². The first-order chi connectivity index (χ1) is 7.66. The first-order valence-electron chi connectivity index (χ1n) is 6.45. The molecule has 0 aromatic carbocycles. The highest BCUT2D eigenvalue weighted by atomic mass is 16.7. The first kappa shape index (κ1) is 11.9. The molecule has 1 saturated carbocycles. The number of esters is 1. The largest absolute Gasteiger partial charge is 0.467 e. The van der Waals surface area contributed by atoms with Crippen LogP contribution in [0.3, 0.4) is 0 Å². The van der Waals surface area contributed by atoms with Gasteiger partial charge in [0.25, 0.3) is 0 Å². The van der Waals surface area contributed by atoms with Crippen molar-refractivity contribution in [3.8, 4) is 0 Å². The summed E-state index contributed by atoms with van der Waals surface area (Å²) < 4.78 is 10.9. The van der Waals surface area contributed by atoms with Crippen LogP contribution in [0.2, 0.25) is 0 Å². The summed E-state index contributed by atoms with van der Waals surface area (Å²) in [5.74, 6) is 0.357. The molecule has 2 fully saturated rings. The number of rotatable bonds is 3. The molecule has 0 radical (unpaired) electrons. The van der Waals surface area contributed by atoms with Gasteiger partial charge >= 0.3 is 5.97 Å². The molecule has 2 aliphatic rings. The fourth-order valence-corrected chi connectivity index (χ4v) is 3.60. The Morgan fingerprint density at radius 2 is 2.19 bits per heavy atom. The van der Waals surface area contributed by atoms with Gasteiger partial charge in [-0.1, -0.05) is 33.1 Å². The lowest BCUT2D eigenvalue weighted by molar-refractivity contribution is -0.147. The average Bonchev–Trinajstić information content (AvgIpc) is 2.98. The third-order valence-electron chi connectivity index (χ3n) is 4.51. The Bertz CT molecular complexity index is 289. The molecule has 0 amide bonds. The summed E-state index contributed by atoms with van der Waals surface area (Å²) in [7, 11) is 1.46. The van der Waals surface area contributed by atoms with Crippen molar-refractivity contribution in [1.82, 2.24) is 0 Å². The van der Waals surface area contributed by atoms with Crippen molar-refractivity contribution >= 4 is 5.97 Å². The molecule has 0 bridgehead atoms. The van der Waals surface area contributed by atoms with Crippen LogP contribution in [0.25, 0.3) is 0 Å². The summed E-state index contributed by atoms with van der Waals surface area (Å²) in [5.41, 5.74) is -0.815. The monoisotopic (exact) mass is 226 g/mol. The zero-order valence-electron chi connectivity index (χ0n) is 10.5. The number of hydrogen-bond acceptors (Lipinski definition) is 3. The summed E-state index contributed by atoms with van der Waals surface area (Å²) in [5, 5.41) is 0. The van der Waals surface area contributed by atoms with Gasteiger partial charge in [0.1, 0.15) is 5.60 Å². The van der Waals surface area contributed by atoms with E-state index in [0.717, 1.165) is 19.3 Å². The van der Waals surface area contributed by atoms with Gasteiger partial charge in [-0.2, -0.15) is 0 Å². The van der Waals surface area contributed by atoms with Crippen molar-refractivity contribution in [3.63, 3.8) is 0 Å². The van der Waals surface area contributed by atoms with Crippen LogP contribution in [0, 0.1) is 5.92 Å². The Labute approximate surface area is 97.5 Å². The van der Waals surface area contributed by atoms with E-state index in [-0.39, 0.29) is 11.6 Å². The Hall–Kier alpha value is -0.570. The molecule has 3 atom stereocenters. The fraction of sp³-hybridized carbons (Fsp3) is 0.923. The van der Waals surface area contributed by atoms with E-state index in [1.807, 2.05) is 6.92 Å². The average molecular weight is 226 g/mol. The van der Waals surface area contributed by atoms with Crippen LogP contribution in [0.15, 0.2) is 0 Å². The second kappa shape index (κ2) is 4.02. The highest BCUT2D eigenvalue weighted by Crippen LogP contribution is 2.62. The third kappa shape index (κ3) is 1.33. The number of methoxy groups -OCH3 is 1. The molecule has 0 N–H and O–H groups in total. The fourth-order valence-electron chi connectivity index (χ4n) is 3.60. The van der Waals surface area contributed by atoms with Crippen molar-refractivity contribution < 1.29 is 14.3 Å². The van der Waals surface area contributed by atoms with Gasteiger partial charge in [0, 0.05) is 0 Å². The van der Waals surface area contributed by atoms with Gasteiger partial charge in [0.15, 0.2) is 5.60 Å². The minimum atomic E-state index is -0.622. The van der Waals surface area contributed by atoms with Crippen LogP contribution in [-0.2, 0) is 14.3 Å². The molecule has 1 aliphatic carbocycles. The lowest BCUT2D eigenvalue weighted by atomic mass is 9.70. The molecule has 1 heterocycles. The zero-order valence-corrected chi connectivity index (χ0v) is 10.5. The van der Waals surface area contributed by atoms with Gasteiger partial charge in [-0.15, -0.1) is 0 Å². The van der Waals surface area contributed by atoms with Crippen LogP contribution >= 0.6 is 0 Å². The Balaban J connectivity index is 2.23. The van der Waals surface area contributed by atoms with Crippen LogP contribution in [0.4, 0.5) is 0 Å². The molecule has 92 valence electrons. The first-order valence-corrected chi connectivity index (χ1v) is 6.45. The highest BCUT2D eigenvalue weighted by Gasteiger charge is 2.76. The predicted molar refractivity (Wildman–Crippen MR) is 61.1 cm³/mol. The maximum absolute atomic E-state index is 11.9. The summed E-state index contributed by atoms with van der Waals surface area (Å²) in [6, 6.07) is 0. The maximum Gasteiger partial charge on any atom is 0.341 e.